The summed E-state index contributed by atoms with van der Waals surface area (Å²) in [5, 5.41) is 0.587. The molecule has 184 valence electrons. The molecular weight excluding hydrogens is 490 g/mol. The van der Waals surface area contributed by atoms with Crippen molar-refractivity contribution in [3.8, 4) is 0 Å². The molecule has 0 saturated heterocycles. The second kappa shape index (κ2) is 11.0. The largest absolute Gasteiger partial charge is 0.279 e. The number of anilines is 1. The van der Waals surface area contributed by atoms with E-state index < -0.39 is 10.0 Å². The molecule has 0 aliphatic rings. The lowest BCUT2D eigenvalue weighted by molar-refractivity contribution is 0.0985. The number of amides is 1. The van der Waals surface area contributed by atoms with Gasteiger partial charge >= 0.3 is 0 Å². The number of benzene rings is 3. The molecular formula is C28H27N3O3S2. The van der Waals surface area contributed by atoms with Crippen LogP contribution in [-0.2, 0) is 16.6 Å². The average molecular weight is 518 g/mol. The van der Waals surface area contributed by atoms with Crippen molar-refractivity contribution in [3.63, 3.8) is 0 Å². The van der Waals surface area contributed by atoms with Gasteiger partial charge in [0.15, 0.2) is 5.13 Å². The maximum atomic E-state index is 13.7. The molecule has 0 spiro atoms. The zero-order valence-electron chi connectivity index (χ0n) is 20.0. The lowest BCUT2D eigenvalue weighted by Crippen LogP contribution is -2.32. The fraction of sp³-hybridized carbons (Fsp3) is 0.143. The Balaban J connectivity index is 1.68. The number of hydrogen-bond acceptors (Lipinski definition) is 5. The number of hydrogen-bond donors (Lipinski definition) is 0. The van der Waals surface area contributed by atoms with E-state index in [9.17, 15) is 13.2 Å². The quantitative estimate of drug-likeness (QED) is 0.249. The maximum Gasteiger partial charge on any atom is 0.260 e. The highest BCUT2D eigenvalue weighted by Gasteiger charge is 2.25. The second-order valence-electron chi connectivity index (χ2n) is 8.27. The molecule has 0 saturated carbocycles. The Hall–Kier alpha value is -3.59. The Morgan fingerprint density at radius 3 is 2.28 bits per heavy atom. The lowest BCUT2D eigenvalue weighted by atomic mass is 10.1. The fourth-order valence-corrected chi connectivity index (χ4v) is 6.20. The Labute approximate surface area is 215 Å². The van der Waals surface area contributed by atoms with Gasteiger partial charge in [-0.2, -0.15) is 4.31 Å². The molecule has 1 aromatic heterocycles. The Morgan fingerprint density at radius 1 is 0.972 bits per heavy atom. The average Bonchev–Trinajstić information content (AvgIpc) is 3.30. The van der Waals surface area contributed by atoms with Crippen LogP contribution >= 0.6 is 11.3 Å². The van der Waals surface area contributed by atoms with Crippen molar-refractivity contribution in [1.82, 2.24) is 9.29 Å². The van der Waals surface area contributed by atoms with Crippen molar-refractivity contribution in [2.75, 3.05) is 18.0 Å². The summed E-state index contributed by atoms with van der Waals surface area (Å²) in [6, 6.07) is 21.7. The first kappa shape index (κ1) is 25.5. The minimum absolute atomic E-state index is 0.104. The SMILES string of the molecule is C=CCN(CC=C)S(=O)(=O)c1ccc(C(=O)N(Cc2ccccc2)c2nc3ccc(C)cc3s2)cc1. The van der Waals surface area contributed by atoms with Crippen molar-refractivity contribution in [2.45, 2.75) is 18.4 Å². The van der Waals surface area contributed by atoms with Crippen molar-refractivity contribution < 1.29 is 13.2 Å². The molecule has 0 radical (unpaired) electrons. The van der Waals surface area contributed by atoms with Crippen LogP contribution in [0.15, 0.2) is 103 Å². The van der Waals surface area contributed by atoms with Gasteiger partial charge in [0.1, 0.15) is 0 Å². The fourth-order valence-electron chi connectivity index (χ4n) is 3.76. The first-order chi connectivity index (χ1) is 17.3. The van der Waals surface area contributed by atoms with Gasteiger partial charge in [-0.05, 0) is 54.4 Å². The number of nitrogens with zero attached hydrogens (tertiary/aromatic N) is 3. The van der Waals surface area contributed by atoms with E-state index in [0.717, 1.165) is 21.3 Å². The van der Waals surface area contributed by atoms with E-state index in [1.165, 1.54) is 39.9 Å². The summed E-state index contributed by atoms with van der Waals surface area (Å²) >= 11 is 1.46. The van der Waals surface area contributed by atoms with Crippen LogP contribution in [0.1, 0.15) is 21.5 Å². The van der Waals surface area contributed by atoms with Crippen LogP contribution in [0.3, 0.4) is 0 Å². The molecule has 4 aromatic rings. The molecule has 0 unspecified atom stereocenters. The summed E-state index contributed by atoms with van der Waals surface area (Å²) < 4.78 is 28.4. The van der Waals surface area contributed by atoms with Crippen LogP contribution in [-0.4, -0.2) is 36.7 Å². The van der Waals surface area contributed by atoms with E-state index in [1.54, 1.807) is 17.0 Å². The second-order valence-corrected chi connectivity index (χ2v) is 11.2. The molecule has 3 aromatic carbocycles. The summed E-state index contributed by atoms with van der Waals surface area (Å²) in [5.41, 5.74) is 3.29. The number of thiazole rings is 1. The van der Waals surface area contributed by atoms with E-state index >= 15 is 0 Å². The summed E-state index contributed by atoms with van der Waals surface area (Å²) in [4.78, 5) is 20.2. The van der Waals surface area contributed by atoms with Gasteiger partial charge in [0.2, 0.25) is 10.0 Å². The summed E-state index contributed by atoms with van der Waals surface area (Å²) in [7, 11) is -3.75. The molecule has 0 fully saturated rings. The number of aryl methyl sites for hydroxylation is 1. The van der Waals surface area contributed by atoms with Crippen LogP contribution in [0.4, 0.5) is 5.13 Å². The minimum atomic E-state index is -3.75. The summed E-state index contributed by atoms with van der Waals surface area (Å²) in [6.07, 6.45) is 3.06. The molecule has 0 aliphatic carbocycles. The third kappa shape index (κ3) is 5.46. The van der Waals surface area contributed by atoms with Gasteiger partial charge in [-0.15, -0.1) is 13.2 Å². The van der Waals surface area contributed by atoms with Gasteiger partial charge < -0.3 is 0 Å². The van der Waals surface area contributed by atoms with Crippen molar-refractivity contribution >= 4 is 42.6 Å². The van der Waals surface area contributed by atoms with Crippen LogP contribution < -0.4 is 4.90 Å². The molecule has 1 amide bonds. The third-order valence-electron chi connectivity index (χ3n) is 5.60. The molecule has 6 nitrogen and oxygen atoms in total. The zero-order valence-corrected chi connectivity index (χ0v) is 21.6. The predicted molar refractivity (Wildman–Crippen MR) is 147 cm³/mol. The molecule has 0 atom stereocenters. The topological polar surface area (TPSA) is 70.6 Å². The van der Waals surface area contributed by atoms with Crippen LogP contribution in [0.25, 0.3) is 10.2 Å². The molecule has 0 bridgehead atoms. The van der Waals surface area contributed by atoms with Gasteiger partial charge in [-0.3, -0.25) is 9.69 Å². The van der Waals surface area contributed by atoms with Crippen molar-refractivity contribution in [2.24, 2.45) is 0 Å². The van der Waals surface area contributed by atoms with E-state index in [2.05, 4.69) is 19.2 Å². The van der Waals surface area contributed by atoms with Gasteiger partial charge in [0, 0.05) is 18.7 Å². The monoisotopic (exact) mass is 517 g/mol. The number of carbonyl (C=O) groups excluding carboxylic acids is 1. The smallest absolute Gasteiger partial charge is 0.260 e. The Kier molecular flexibility index (Phi) is 7.79. The number of aromatic nitrogens is 1. The van der Waals surface area contributed by atoms with Gasteiger partial charge in [-0.25, -0.2) is 13.4 Å². The van der Waals surface area contributed by atoms with Gasteiger partial charge in [0.25, 0.3) is 5.91 Å². The normalized spacial score (nSPS) is 11.5. The number of fused-ring (bicyclic) bond motifs is 1. The molecule has 0 N–H and O–H groups in total. The molecule has 36 heavy (non-hydrogen) atoms. The minimum Gasteiger partial charge on any atom is -0.279 e. The first-order valence-corrected chi connectivity index (χ1v) is 13.6. The maximum absolute atomic E-state index is 13.7. The molecule has 4 rings (SSSR count). The number of sulfonamides is 1. The standard InChI is InChI=1S/C28H27N3O3S2/c1-4-17-30(18-5-2)36(33,34)24-14-12-23(13-15-24)27(32)31(20-22-9-7-6-8-10-22)28-29-25-16-11-21(3)19-26(25)35-28/h4-16,19H,1-2,17-18,20H2,3H3. The highest BCUT2D eigenvalue weighted by atomic mass is 32.2. The first-order valence-electron chi connectivity index (χ1n) is 11.4. The van der Waals surface area contributed by atoms with E-state index in [4.69, 9.17) is 4.98 Å². The van der Waals surface area contributed by atoms with E-state index in [0.29, 0.717) is 17.2 Å². The highest BCUT2D eigenvalue weighted by Crippen LogP contribution is 2.31. The van der Waals surface area contributed by atoms with Crippen molar-refractivity contribution in [1.29, 1.82) is 0 Å². The van der Waals surface area contributed by atoms with E-state index in [1.807, 2.05) is 49.4 Å². The van der Waals surface area contributed by atoms with Crippen molar-refractivity contribution in [3.05, 3.63) is 115 Å². The Morgan fingerprint density at radius 2 is 1.64 bits per heavy atom. The van der Waals surface area contributed by atoms with Crippen LogP contribution in [0, 0.1) is 6.92 Å². The van der Waals surface area contributed by atoms with Gasteiger partial charge in [-0.1, -0.05) is 59.9 Å². The van der Waals surface area contributed by atoms with Crippen LogP contribution in [0.5, 0.6) is 0 Å². The highest BCUT2D eigenvalue weighted by molar-refractivity contribution is 7.89. The zero-order chi connectivity index (χ0) is 25.7. The molecule has 8 heteroatoms. The summed E-state index contributed by atoms with van der Waals surface area (Å²) in [5.74, 6) is -0.257. The lowest BCUT2D eigenvalue weighted by Gasteiger charge is -2.21. The predicted octanol–water partition coefficient (Wildman–Crippen LogP) is 5.81. The number of carbonyl (C=O) groups is 1. The molecule has 0 aliphatic heterocycles. The third-order valence-corrected chi connectivity index (χ3v) is 8.48. The molecule has 1 heterocycles. The van der Waals surface area contributed by atoms with Gasteiger partial charge in [0.05, 0.1) is 21.7 Å². The van der Waals surface area contributed by atoms with E-state index in [-0.39, 0.29) is 23.9 Å². The number of rotatable bonds is 10. The Bertz CT molecular complexity index is 1480. The van der Waals surface area contributed by atoms with Crippen LogP contribution in [0.2, 0.25) is 0 Å². The summed E-state index contributed by atoms with van der Waals surface area (Å²) in [6.45, 7) is 9.96.